The standard InChI is InChI=1S/C9H12N2O3S/c1-7(11-12)5-8-3-2-4-9(6-8)15(10,13)14/h2-4,6,12H,5H2,1H3,(H2,10,13,14). The van der Waals surface area contributed by atoms with Gasteiger partial charge in [-0.05, 0) is 24.6 Å². The molecule has 6 heteroatoms. The summed E-state index contributed by atoms with van der Waals surface area (Å²) in [5, 5.41) is 16.5. The van der Waals surface area contributed by atoms with Gasteiger partial charge in [-0.2, -0.15) is 0 Å². The van der Waals surface area contributed by atoms with Crippen LogP contribution in [0, 0.1) is 0 Å². The zero-order valence-electron chi connectivity index (χ0n) is 8.21. The Morgan fingerprint density at radius 1 is 1.53 bits per heavy atom. The molecule has 0 spiro atoms. The Hall–Kier alpha value is -1.40. The van der Waals surface area contributed by atoms with Gasteiger partial charge in [0.05, 0.1) is 10.6 Å². The summed E-state index contributed by atoms with van der Waals surface area (Å²) in [6.45, 7) is 1.64. The van der Waals surface area contributed by atoms with Crippen molar-refractivity contribution < 1.29 is 13.6 Å². The van der Waals surface area contributed by atoms with Gasteiger partial charge < -0.3 is 5.21 Å². The van der Waals surface area contributed by atoms with E-state index in [0.29, 0.717) is 12.1 Å². The highest BCUT2D eigenvalue weighted by atomic mass is 32.2. The first-order chi connectivity index (χ1) is 6.93. The zero-order valence-corrected chi connectivity index (χ0v) is 9.03. The molecule has 15 heavy (non-hydrogen) atoms. The molecule has 0 radical (unpaired) electrons. The van der Waals surface area contributed by atoms with E-state index in [-0.39, 0.29) is 4.90 Å². The molecule has 0 aliphatic rings. The Bertz CT molecular complexity index is 480. The Kier molecular flexibility index (Phi) is 3.43. The molecule has 0 atom stereocenters. The van der Waals surface area contributed by atoms with Gasteiger partial charge in [0.1, 0.15) is 0 Å². The summed E-state index contributed by atoms with van der Waals surface area (Å²) in [6, 6.07) is 6.22. The minimum absolute atomic E-state index is 0.0609. The number of hydrogen-bond acceptors (Lipinski definition) is 4. The van der Waals surface area contributed by atoms with E-state index in [1.165, 1.54) is 12.1 Å². The van der Waals surface area contributed by atoms with Gasteiger partial charge in [-0.25, -0.2) is 13.6 Å². The summed E-state index contributed by atoms with van der Waals surface area (Å²) < 4.78 is 22.1. The van der Waals surface area contributed by atoms with Gasteiger partial charge in [-0.1, -0.05) is 17.3 Å². The van der Waals surface area contributed by atoms with Crippen molar-refractivity contribution >= 4 is 15.7 Å². The predicted octanol–water partition coefficient (Wildman–Crippen LogP) is 0.727. The van der Waals surface area contributed by atoms with Crippen LogP contribution in [0.1, 0.15) is 12.5 Å². The van der Waals surface area contributed by atoms with E-state index in [0.717, 1.165) is 5.56 Å². The molecule has 0 heterocycles. The van der Waals surface area contributed by atoms with Crippen molar-refractivity contribution in [2.45, 2.75) is 18.2 Å². The minimum atomic E-state index is -3.67. The largest absolute Gasteiger partial charge is 0.411 e. The molecule has 82 valence electrons. The lowest BCUT2D eigenvalue weighted by atomic mass is 10.1. The van der Waals surface area contributed by atoms with E-state index >= 15 is 0 Å². The van der Waals surface area contributed by atoms with Crippen molar-refractivity contribution in [3.8, 4) is 0 Å². The van der Waals surface area contributed by atoms with Crippen LogP contribution < -0.4 is 5.14 Å². The lowest BCUT2D eigenvalue weighted by Crippen LogP contribution is -2.12. The van der Waals surface area contributed by atoms with Crippen molar-refractivity contribution in [2.75, 3.05) is 0 Å². The molecule has 1 aromatic carbocycles. The average Bonchev–Trinajstić information content (AvgIpc) is 2.17. The first-order valence-corrected chi connectivity index (χ1v) is 5.77. The van der Waals surface area contributed by atoms with Crippen LogP contribution in [-0.4, -0.2) is 19.3 Å². The smallest absolute Gasteiger partial charge is 0.238 e. The second-order valence-corrected chi connectivity index (χ2v) is 4.77. The number of hydrogen-bond donors (Lipinski definition) is 2. The number of nitrogens with zero attached hydrogens (tertiary/aromatic N) is 1. The van der Waals surface area contributed by atoms with Gasteiger partial charge in [-0.3, -0.25) is 0 Å². The number of nitrogens with two attached hydrogens (primary N) is 1. The highest BCUT2D eigenvalue weighted by Crippen LogP contribution is 2.10. The minimum Gasteiger partial charge on any atom is -0.411 e. The van der Waals surface area contributed by atoms with Crippen LogP contribution >= 0.6 is 0 Å². The van der Waals surface area contributed by atoms with Crippen molar-refractivity contribution in [3.05, 3.63) is 29.8 Å². The number of rotatable bonds is 3. The molecular formula is C9H12N2O3S. The maximum absolute atomic E-state index is 11.0. The Morgan fingerprint density at radius 2 is 2.20 bits per heavy atom. The first-order valence-electron chi connectivity index (χ1n) is 4.23. The van der Waals surface area contributed by atoms with Gasteiger partial charge in [0.25, 0.3) is 0 Å². The number of sulfonamides is 1. The molecule has 1 aromatic rings. The van der Waals surface area contributed by atoms with Gasteiger partial charge in [0.2, 0.25) is 10.0 Å². The lowest BCUT2D eigenvalue weighted by Gasteiger charge is -2.02. The van der Waals surface area contributed by atoms with Crippen molar-refractivity contribution in [1.29, 1.82) is 0 Å². The quantitative estimate of drug-likeness (QED) is 0.453. The Balaban J connectivity index is 3.04. The fourth-order valence-corrected chi connectivity index (χ4v) is 1.75. The van der Waals surface area contributed by atoms with Crippen LogP contribution in [0.5, 0.6) is 0 Å². The number of oxime groups is 1. The molecule has 0 aromatic heterocycles. The maximum Gasteiger partial charge on any atom is 0.238 e. The molecule has 3 N–H and O–H groups in total. The molecule has 0 unspecified atom stereocenters. The molecule has 0 amide bonds. The van der Waals surface area contributed by atoms with Crippen LogP contribution in [0.2, 0.25) is 0 Å². The SMILES string of the molecule is CC(Cc1cccc(S(N)(=O)=O)c1)=NO. The molecule has 1 rings (SSSR count). The second kappa shape index (κ2) is 4.41. The van der Waals surface area contributed by atoms with Gasteiger partial charge in [-0.15, -0.1) is 0 Å². The molecular weight excluding hydrogens is 216 g/mol. The van der Waals surface area contributed by atoms with Crippen LogP contribution in [0.3, 0.4) is 0 Å². The van der Waals surface area contributed by atoms with Gasteiger partial charge in [0, 0.05) is 6.42 Å². The normalized spacial score (nSPS) is 12.8. The molecule has 0 aliphatic heterocycles. The maximum atomic E-state index is 11.0. The van der Waals surface area contributed by atoms with Crippen molar-refractivity contribution in [1.82, 2.24) is 0 Å². The van der Waals surface area contributed by atoms with Gasteiger partial charge >= 0.3 is 0 Å². The van der Waals surface area contributed by atoms with E-state index in [1.54, 1.807) is 19.1 Å². The first kappa shape index (κ1) is 11.7. The van der Waals surface area contributed by atoms with Crippen LogP contribution in [0.25, 0.3) is 0 Å². The highest BCUT2D eigenvalue weighted by Gasteiger charge is 2.08. The fraction of sp³-hybridized carbons (Fsp3) is 0.222. The van der Waals surface area contributed by atoms with Crippen LogP contribution in [0.4, 0.5) is 0 Å². The lowest BCUT2D eigenvalue weighted by molar-refractivity contribution is 0.317. The molecule has 5 nitrogen and oxygen atoms in total. The highest BCUT2D eigenvalue weighted by molar-refractivity contribution is 7.89. The third-order valence-corrected chi connectivity index (χ3v) is 2.77. The van der Waals surface area contributed by atoms with E-state index in [4.69, 9.17) is 10.3 Å². The monoisotopic (exact) mass is 228 g/mol. The average molecular weight is 228 g/mol. The molecule has 0 saturated heterocycles. The number of primary sulfonamides is 1. The van der Waals surface area contributed by atoms with Crippen molar-refractivity contribution in [2.24, 2.45) is 10.3 Å². The topological polar surface area (TPSA) is 92.8 Å². The molecule has 0 bridgehead atoms. The molecule has 0 fully saturated rings. The molecule has 0 aliphatic carbocycles. The van der Waals surface area contributed by atoms with Crippen LogP contribution in [-0.2, 0) is 16.4 Å². The van der Waals surface area contributed by atoms with E-state index in [9.17, 15) is 8.42 Å². The Morgan fingerprint density at radius 3 is 2.73 bits per heavy atom. The summed E-state index contributed by atoms with van der Waals surface area (Å²) in [6.07, 6.45) is 0.389. The summed E-state index contributed by atoms with van der Waals surface area (Å²) in [5.41, 5.74) is 1.23. The van der Waals surface area contributed by atoms with E-state index in [1.807, 2.05) is 0 Å². The third kappa shape index (κ3) is 3.34. The third-order valence-electron chi connectivity index (χ3n) is 1.86. The number of benzene rings is 1. The predicted molar refractivity (Wildman–Crippen MR) is 56.4 cm³/mol. The molecule has 0 saturated carbocycles. The van der Waals surface area contributed by atoms with Gasteiger partial charge in [0.15, 0.2) is 0 Å². The van der Waals surface area contributed by atoms with E-state index < -0.39 is 10.0 Å². The zero-order chi connectivity index (χ0) is 11.5. The summed E-state index contributed by atoms with van der Waals surface area (Å²) >= 11 is 0. The summed E-state index contributed by atoms with van der Waals surface area (Å²) in [7, 11) is -3.67. The van der Waals surface area contributed by atoms with Crippen molar-refractivity contribution in [3.63, 3.8) is 0 Å². The second-order valence-electron chi connectivity index (χ2n) is 3.20. The summed E-state index contributed by atoms with van der Waals surface area (Å²) in [4.78, 5) is 0.0609. The Labute approximate surface area is 88.3 Å². The summed E-state index contributed by atoms with van der Waals surface area (Å²) in [5.74, 6) is 0. The fourth-order valence-electron chi connectivity index (χ4n) is 1.16. The van der Waals surface area contributed by atoms with E-state index in [2.05, 4.69) is 5.16 Å². The van der Waals surface area contributed by atoms with Crippen LogP contribution in [0.15, 0.2) is 34.3 Å².